The third-order valence-corrected chi connectivity index (χ3v) is 5.08. The first-order chi connectivity index (χ1) is 10.2. The van der Waals surface area contributed by atoms with E-state index < -0.39 is 0 Å². The van der Waals surface area contributed by atoms with Gasteiger partial charge in [0.15, 0.2) is 0 Å². The third kappa shape index (κ3) is 3.64. The van der Waals surface area contributed by atoms with Gasteiger partial charge in [-0.25, -0.2) is 0 Å². The van der Waals surface area contributed by atoms with Gasteiger partial charge >= 0.3 is 0 Å². The summed E-state index contributed by atoms with van der Waals surface area (Å²) in [7, 11) is 0. The Balaban J connectivity index is 1.72. The molecule has 0 spiro atoms. The first-order valence-electron chi connectivity index (χ1n) is 7.37. The molecule has 1 aliphatic rings. The maximum atomic E-state index is 4.56. The monoisotopic (exact) mass is 390 g/mol. The molecule has 2 aromatic rings. The van der Waals surface area contributed by atoms with Gasteiger partial charge in [0.2, 0.25) is 0 Å². The average Bonchev–Trinajstić information content (AvgIpc) is 3.03. The number of halogens is 1. The molecule has 0 bridgehead atoms. The van der Waals surface area contributed by atoms with Crippen LogP contribution in [0, 0.1) is 10.5 Å². The zero-order chi connectivity index (χ0) is 14.7. The first kappa shape index (κ1) is 14.6. The van der Waals surface area contributed by atoms with Crippen molar-refractivity contribution in [3.8, 4) is 0 Å². The molecule has 21 heavy (non-hydrogen) atoms. The van der Waals surface area contributed by atoms with Crippen LogP contribution in [0.25, 0.3) is 0 Å². The van der Waals surface area contributed by atoms with Crippen molar-refractivity contribution in [2.24, 2.45) is 4.99 Å². The van der Waals surface area contributed by atoms with Gasteiger partial charge in [-0.15, -0.1) is 0 Å². The van der Waals surface area contributed by atoms with E-state index in [0.29, 0.717) is 0 Å². The van der Waals surface area contributed by atoms with Crippen molar-refractivity contribution in [2.75, 3.05) is 18.0 Å². The maximum absolute atomic E-state index is 4.56. The molecule has 1 fully saturated rings. The molecule has 0 radical (unpaired) electrons. The lowest BCUT2D eigenvalue weighted by atomic mass is 10.2. The van der Waals surface area contributed by atoms with Crippen LogP contribution >= 0.6 is 22.6 Å². The van der Waals surface area contributed by atoms with E-state index >= 15 is 0 Å². The summed E-state index contributed by atoms with van der Waals surface area (Å²) in [5, 5.41) is 0. The number of anilines is 1. The van der Waals surface area contributed by atoms with E-state index in [1.807, 2.05) is 6.21 Å². The molecule has 0 unspecified atom stereocenters. The Morgan fingerprint density at radius 1 is 1.05 bits per heavy atom. The predicted molar refractivity (Wildman–Crippen MR) is 99.0 cm³/mol. The van der Waals surface area contributed by atoms with E-state index in [4.69, 9.17) is 0 Å². The SMILES string of the molecule is Cc1cc(N=Cc2ccc(N3CCCC3)cc2)ccc1I. The smallest absolute Gasteiger partial charge is 0.0633 e. The highest BCUT2D eigenvalue weighted by Gasteiger charge is 2.11. The van der Waals surface area contributed by atoms with Crippen LogP contribution in [0.15, 0.2) is 47.5 Å². The lowest BCUT2D eigenvalue weighted by Gasteiger charge is -2.17. The lowest BCUT2D eigenvalue weighted by molar-refractivity contribution is 0.949. The van der Waals surface area contributed by atoms with Crippen LogP contribution in [0.5, 0.6) is 0 Å². The quantitative estimate of drug-likeness (QED) is 0.535. The zero-order valence-electron chi connectivity index (χ0n) is 12.2. The van der Waals surface area contributed by atoms with Crippen molar-refractivity contribution in [1.82, 2.24) is 0 Å². The minimum Gasteiger partial charge on any atom is -0.372 e. The number of rotatable bonds is 3. The first-order valence-corrected chi connectivity index (χ1v) is 8.45. The minimum atomic E-state index is 1.01. The van der Waals surface area contributed by atoms with E-state index in [-0.39, 0.29) is 0 Å². The van der Waals surface area contributed by atoms with Gasteiger partial charge in [0.1, 0.15) is 0 Å². The molecule has 0 aromatic heterocycles. The summed E-state index contributed by atoms with van der Waals surface area (Å²) >= 11 is 2.35. The van der Waals surface area contributed by atoms with Crippen molar-refractivity contribution in [1.29, 1.82) is 0 Å². The highest BCUT2D eigenvalue weighted by molar-refractivity contribution is 14.1. The molecule has 0 N–H and O–H groups in total. The Hall–Kier alpha value is -1.36. The number of benzene rings is 2. The maximum Gasteiger partial charge on any atom is 0.0633 e. The van der Waals surface area contributed by atoms with Crippen LogP contribution in [0.2, 0.25) is 0 Å². The van der Waals surface area contributed by atoms with Gasteiger partial charge in [-0.1, -0.05) is 12.1 Å². The van der Waals surface area contributed by atoms with Crippen LogP contribution in [-0.2, 0) is 0 Å². The van der Waals surface area contributed by atoms with E-state index in [1.54, 1.807) is 0 Å². The fraction of sp³-hybridized carbons (Fsp3) is 0.278. The van der Waals surface area contributed by atoms with Crippen LogP contribution in [0.4, 0.5) is 11.4 Å². The Kier molecular flexibility index (Phi) is 4.58. The lowest BCUT2D eigenvalue weighted by Crippen LogP contribution is -2.17. The zero-order valence-corrected chi connectivity index (χ0v) is 14.4. The highest BCUT2D eigenvalue weighted by atomic mass is 127. The van der Waals surface area contributed by atoms with E-state index in [0.717, 1.165) is 11.3 Å². The molecule has 1 heterocycles. The molecular formula is C18H19IN2. The van der Waals surface area contributed by atoms with Crippen LogP contribution in [-0.4, -0.2) is 19.3 Å². The number of aryl methyl sites for hydroxylation is 1. The topological polar surface area (TPSA) is 15.6 Å². The summed E-state index contributed by atoms with van der Waals surface area (Å²) in [5.41, 5.74) is 4.76. The van der Waals surface area contributed by atoms with Gasteiger partial charge in [-0.05, 0) is 83.8 Å². The van der Waals surface area contributed by atoms with Crippen LogP contribution in [0.3, 0.4) is 0 Å². The second kappa shape index (κ2) is 6.60. The summed E-state index contributed by atoms with van der Waals surface area (Å²) in [6, 6.07) is 15.0. The highest BCUT2D eigenvalue weighted by Crippen LogP contribution is 2.21. The Labute approximate surface area is 140 Å². The van der Waals surface area contributed by atoms with Gasteiger partial charge in [-0.3, -0.25) is 4.99 Å². The standard InChI is InChI=1S/C18H19IN2/c1-14-12-16(6-9-18(14)19)20-13-15-4-7-17(8-5-15)21-10-2-3-11-21/h4-9,12-13H,2-3,10-11H2,1H3. The number of aliphatic imine (C=N–C) groups is 1. The van der Waals surface area contributed by atoms with Crippen molar-refractivity contribution >= 4 is 40.2 Å². The van der Waals surface area contributed by atoms with Gasteiger partial charge in [0.05, 0.1) is 5.69 Å². The molecule has 3 heteroatoms. The molecule has 2 nitrogen and oxygen atoms in total. The van der Waals surface area contributed by atoms with Gasteiger partial charge in [0, 0.05) is 28.6 Å². The summed E-state index contributed by atoms with van der Waals surface area (Å²) in [5.74, 6) is 0. The molecule has 0 aliphatic carbocycles. The molecule has 3 rings (SSSR count). The number of hydrogen-bond donors (Lipinski definition) is 0. The van der Waals surface area contributed by atoms with E-state index in [1.165, 1.54) is 40.8 Å². The minimum absolute atomic E-state index is 1.01. The second-order valence-corrected chi connectivity index (χ2v) is 6.64. The van der Waals surface area contributed by atoms with E-state index in [2.05, 4.69) is 81.9 Å². The molecule has 1 saturated heterocycles. The predicted octanol–water partition coefficient (Wildman–Crippen LogP) is 4.95. The van der Waals surface area contributed by atoms with Crippen LogP contribution < -0.4 is 4.90 Å². The molecule has 0 amide bonds. The molecule has 0 atom stereocenters. The Morgan fingerprint density at radius 3 is 2.43 bits per heavy atom. The molecule has 0 saturated carbocycles. The van der Waals surface area contributed by atoms with Crippen molar-refractivity contribution in [2.45, 2.75) is 19.8 Å². The average molecular weight is 390 g/mol. The fourth-order valence-corrected chi connectivity index (χ4v) is 2.94. The summed E-state index contributed by atoms with van der Waals surface area (Å²) in [4.78, 5) is 7.01. The van der Waals surface area contributed by atoms with Crippen molar-refractivity contribution in [3.05, 3.63) is 57.2 Å². The van der Waals surface area contributed by atoms with Gasteiger partial charge in [-0.2, -0.15) is 0 Å². The largest absolute Gasteiger partial charge is 0.372 e. The molecule has 2 aromatic carbocycles. The summed E-state index contributed by atoms with van der Waals surface area (Å²) in [6.07, 6.45) is 4.57. The van der Waals surface area contributed by atoms with Gasteiger partial charge in [0.25, 0.3) is 0 Å². The number of hydrogen-bond acceptors (Lipinski definition) is 2. The second-order valence-electron chi connectivity index (χ2n) is 5.48. The third-order valence-electron chi connectivity index (χ3n) is 3.87. The fourth-order valence-electron chi connectivity index (χ4n) is 2.60. The Morgan fingerprint density at radius 2 is 1.76 bits per heavy atom. The Bertz CT molecular complexity index is 641. The van der Waals surface area contributed by atoms with Crippen molar-refractivity contribution < 1.29 is 0 Å². The van der Waals surface area contributed by atoms with Crippen LogP contribution in [0.1, 0.15) is 24.0 Å². The summed E-state index contributed by atoms with van der Waals surface area (Å²) in [6.45, 7) is 4.50. The molecular weight excluding hydrogens is 371 g/mol. The van der Waals surface area contributed by atoms with E-state index in [9.17, 15) is 0 Å². The van der Waals surface area contributed by atoms with Crippen molar-refractivity contribution in [3.63, 3.8) is 0 Å². The van der Waals surface area contributed by atoms with Gasteiger partial charge < -0.3 is 4.90 Å². The number of nitrogens with zero attached hydrogens (tertiary/aromatic N) is 2. The summed E-state index contributed by atoms with van der Waals surface area (Å²) < 4.78 is 1.28. The normalized spacial score (nSPS) is 15.0. The molecule has 1 aliphatic heterocycles. The molecule has 108 valence electrons.